The molecule has 0 bridgehead atoms. The van der Waals surface area contributed by atoms with Crippen molar-refractivity contribution < 1.29 is 8.42 Å². The largest absolute Gasteiger partial charge is 0.382 e. The Morgan fingerprint density at radius 2 is 1.95 bits per heavy atom. The third-order valence-electron chi connectivity index (χ3n) is 2.78. The third kappa shape index (κ3) is 3.46. The first-order valence-corrected chi connectivity index (χ1v) is 8.57. The molecular weight excluding hydrogens is 332 g/mol. The fourth-order valence-corrected chi connectivity index (χ4v) is 3.82. The van der Waals surface area contributed by atoms with E-state index in [0.717, 1.165) is 21.4 Å². The van der Waals surface area contributed by atoms with Gasteiger partial charge in [0.2, 0.25) is 10.0 Å². The number of benzene rings is 1. The zero-order chi connectivity index (χ0) is 15.6. The van der Waals surface area contributed by atoms with E-state index in [0.29, 0.717) is 16.6 Å². The zero-order valence-electron chi connectivity index (χ0n) is 11.5. The van der Waals surface area contributed by atoms with E-state index >= 15 is 0 Å². The SMILES string of the molecule is CN(C)S(=O)(=O)c1c(N)nsc1NCc1ccc(Cl)cc1. The van der Waals surface area contributed by atoms with Crippen molar-refractivity contribution in [3.05, 3.63) is 34.9 Å². The molecule has 0 aliphatic heterocycles. The van der Waals surface area contributed by atoms with Gasteiger partial charge in [0.05, 0.1) is 0 Å². The monoisotopic (exact) mass is 346 g/mol. The molecule has 2 rings (SSSR count). The summed E-state index contributed by atoms with van der Waals surface area (Å²) in [5.41, 5.74) is 6.66. The van der Waals surface area contributed by atoms with Crippen molar-refractivity contribution in [1.82, 2.24) is 8.68 Å². The van der Waals surface area contributed by atoms with Gasteiger partial charge in [0, 0.05) is 25.7 Å². The van der Waals surface area contributed by atoms with Gasteiger partial charge < -0.3 is 11.1 Å². The Morgan fingerprint density at radius 1 is 1.33 bits per heavy atom. The highest BCUT2D eigenvalue weighted by molar-refractivity contribution is 7.89. The van der Waals surface area contributed by atoms with E-state index in [1.165, 1.54) is 14.1 Å². The van der Waals surface area contributed by atoms with Crippen LogP contribution in [0, 0.1) is 0 Å². The van der Waals surface area contributed by atoms with Gasteiger partial charge in [-0.2, -0.15) is 4.37 Å². The Balaban J connectivity index is 2.24. The minimum absolute atomic E-state index is 0.00676. The van der Waals surface area contributed by atoms with Crippen molar-refractivity contribution in [1.29, 1.82) is 0 Å². The number of hydrogen-bond acceptors (Lipinski definition) is 6. The summed E-state index contributed by atoms with van der Waals surface area (Å²) in [4.78, 5) is 0.0199. The second-order valence-electron chi connectivity index (χ2n) is 4.49. The summed E-state index contributed by atoms with van der Waals surface area (Å²) in [6.45, 7) is 0.453. The van der Waals surface area contributed by atoms with Gasteiger partial charge in [-0.1, -0.05) is 23.7 Å². The van der Waals surface area contributed by atoms with Crippen LogP contribution in [0.4, 0.5) is 10.8 Å². The number of nitrogens with one attached hydrogen (secondary N) is 1. The van der Waals surface area contributed by atoms with Crippen molar-refractivity contribution in [3.8, 4) is 0 Å². The van der Waals surface area contributed by atoms with E-state index in [2.05, 4.69) is 9.69 Å². The molecule has 0 fully saturated rings. The van der Waals surface area contributed by atoms with E-state index in [1.807, 2.05) is 12.1 Å². The molecule has 114 valence electrons. The molecule has 9 heteroatoms. The van der Waals surface area contributed by atoms with Crippen molar-refractivity contribution in [2.24, 2.45) is 0 Å². The van der Waals surface area contributed by atoms with Gasteiger partial charge in [-0.25, -0.2) is 12.7 Å². The molecule has 0 saturated carbocycles. The Labute approximate surface area is 132 Å². The molecule has 21 heavy (non-hydrogen) atoms. The van der Waals surface area contributed by atoms with E-state index in [1.54, 1.807) is 12.1 Å². The summed E-state index contributed by atoms with van der Waals surface area (Å²) < 4.78 is 29.5. The topological polar surface area (TPSA) is 88.3 Å². The first-order valence-electron chi connectivity index (χ1n) is 5.98. The minimum atomic E-state index is -3.63. The number of nitrogens with zero attached hydrogens (tertiary/aromatic N) is 2. The van der Waals surface area contributed by atoms with E-state index < -0.39 is 10.0 Å². The molecule has 1 heterocycles. The van der Waals surface area contributed by atoms with E-state index in [4.69, 9.17) is 17.3 Å². The molecule has 2 aromatic rings. The Hall–Kier alpha value is -1.35. The third-order valence-corrected chi connectivity index (χ3v) is 5.87. The van der Waals surface area contributed by atoms with Crippen LogP contribution >= 0.6 is 23.1 Å². The number of nitrogens with two attached hydrogens (primary N) is 1. The Morgan fingerprint density at radius 3 is 2.52 bits per heavy atom. The van der Waals surface area contributed by atoms with Gasteiger partial charge in [0.15, 0.2) is 10.7 Å². The van der Waals surface area contributed by atoms with Crippen molar-refractivity contribution in [2.45, 2.75) is 11.4 Å². The molecule has 0 aliphatic rings. The number of aromatic nitrogens is 1. The van der Waals surface area contributed by atoms with Crippen LogP contribution in [0.5, 0.6) is 0 Å². The maximum atomic E-state index is 12.2. The van der Waals surface area contributed by atoms with Gasteiger partial charge in [0.1, 0.15) is 5.00 Å². The molecule has 0 amide bonds. The highest BCUT2D eigenvalue weighted by Gasteiger charge is 2.27. The smallest absolute Gasteiger partial charge is 0.249 e. The number of hydrogen-bond donors (Lipinski definition) is 2. The number of rotatable bonds is 5. The lowest BCUT2D eigenvalue weighted by Gasteiger charge is -2.13. The summed E-state index contributed by atoms with van der Waals surface area (Å²) in [5.74, 6) is 0.00676. The van der Waals surface area contributed by atoms with Crippen LogP contribution in [0.25, 0.3) is 0 Å². The molecule has 0 radical (unpaired) electrons. The first-order chi connectivity index (χ1) is 9.82. The van der Waals surface area contributed by atoms with Gasteiger partial charge in [0.25, 0.3) is 0 Å². The second-order valence-corrected chi connectivity index (χ2v) is 7.79. The average Bonchev–Trinajstić information content (AvgIpc) is 2.79. The number of nitrogen functional groups attached to an aromatic ring is 1. The second kappa shape index (κ2) is 6.18. The highest BCUT2D eigenvalue weighted by Crippen LogP contribution is 2.33. The summed E-state index contributed by atoms with van der Waals surface area (Å²) in [6.07, 6.45) is 0. The highest BCUT2D eigenvalue weighted by atomic mass is 35.5. The van der Waals surface area contributed by atoms with Crippen molar-refractivity contribution >= 4 is 44.0 Å². The van der Waals surface area contributed by atoms with Crippen LogP contribution in [-0.4, -0.2) is 31.2 Å². The lowest BCUT2D eigenvalue weighted by molar-refractivity contribution is 0.521. The van der Waals surface area contributed by atoms with Crippen LogP contribution in [0.1, 0.15) is 5.56 Å². The van der Waals surface area contributed by atoms with Gasteiger partial charge >= 0.3 is 0 Å². The maximum Gasteiger partial charge on any atom is 0.249 e. The number of anilines is 2. The zero-order valence-corrected chi connectivity index (χ0v) is 13.9. The standard InChI is InChI=1S/C12H15ClN4O2S2/c1-17(2)21(18,19)10-11(14)16-20-12(10)15-7-8-3-5-9(13)6-4-8/h3-6,15H,7H2,1-2H3,(H2,14,16). The lowest BCUT2D eigenvalue weighted by atomic mass is 10.2. The molecule has 0 atom stereocenters. The fraction of sp³-hybridized carbons (Fsp3) is 0.250. The van der Waals surface area contributed by atoms with E-state index in [9.17, 15) is 8.42 Å². The number of sulfonamides is 1. The fourth-order valence-electron chi connectivity index (χ4n) is 1.62. The summed E-state index contributed by atoms with van der Waals surface area (Å²) >= 11 is 6.85. The van der Waals surface area contributed by atoms with E-state index in [-0.39, 0.29) is 10.7 Å². The first kappa shape index (κ1) is 16.0. The summed E-state index contributed by atoms with van der Waals surface area (Å²) in [6, 6.07) is 7.27. The summed E-state index contributed by atoms with van der Waals surface area (Å²) in [5, 5.41) is 4.13. The van der Waals surface area contributed by atoms with Gasteiger partial charge in [-0.3, -0.25) is 0 Å². The Bertz CT molecular complexity index is 726. The molecule has 0 saturated heterocycles. The average molecular weight is 347 g/mol. The Kier molecular flexibility index (Phi) is 4.72. The number of halogens is 1. The van der Waals surface area contributed by atoms with Crippen LogP contribution in [0.2, 0.25) is 5.02 Å². The molecular formula is C12H15ClN4O2S2. The molecule has 1 aromatic heterocycles. The molecule has 1 aromatic carbocycles. The molecule has 0 aliphatic carbocycles. The predicted octanol–water partition coefficient (Wildman–Crippen LogP) is 2.24. The molecule has 6 nitrogen and oxygen atoms in total. The molecule has 0 unspecified atom stereocenters. The predicted molar refractivity (Wildman–Crippen MR) is 86.2 cm³/mol. The molecule has 3 N–H and O–H groups in total. The van der Waals surface area contributed by atoms with Gasteiger partial charge in [-0.15, -0.1) is 0 Å². The summed E-state index contributed by atoms with van der Waals surface area (Å²) in [7, 11) is -0.726. The van der Waals surface area contributed by atoms with Crippen LogP contribution in [0.15, 0.2) is 29.2 Å². The van der Waals surface area contributed by atoms with Crippen LogP contribution in [0.3, 0.4) is 0 Å². The van der Waals surface area contributed by atoms with Crippen molar-refractivity contribution in [2.75, 3.05) is 25.1 Å². The van der Waals surface area contributed by atoms with Crippen molar-refractivity contribution in [3.63, 3.8) is 0 Å². The van der Waals surface area contributed by atoms with Crippen LogP contribution in [-0.2, 0) is 16.6 Å². The normalized spacial score (nSPS) is 11.8. The minimum Gasteiger partial charge on any atom is -0.382 e. The maximum absolute atomic E-state index is 12.2. The molecule has 0 spiro atoms. The van der Waals surface area contributed by atoms with Gasteiger partial charge in [-0.05, 0) is 29.2 Å². The van der Waals surface area contributed by atoms with Crippen LogP contribution < -0.4 is 11.1 Å². The quantitative estimate of drug-likeness (QED) is 0.866. The lowest BCUT2D eigenvalue weighted by Crippen LogP contribution is -2.23.